The molecule has 0 bridgehead atoms. The lowest BCUT2D eigenvalue weighted by Crippen LogP contribution is -2.33. The molecule has 1 aromatic carbocycles. The van der Waals surface area contributed by atoms with Crippen LogP contribution in [0.5, 0.6) is 0 Å². The van der Waals surface area contributed by atoms with Crippen molar-refractivity contribution in [1.29, 1.82) is 0 Å². The first-order valence-electron chi connectivity index (χ1n) is 7.22. The van der Waals surface area contributed by atoms with Crippen molar-refractivity contribution in [2.45, 2.75) is 44.6 Å². The molecule has 1 aliphatic carbocycles. The molecule has 0 aromatic heterocycles. The van der Waals surface area contributed by atoms with Gasteiger partial charge < -0.3 is 5.32 Å². The molecule has 5 heteroatoms. The molecule has 4 nitrogen and oxygen atoms in total. The first-order chi connectivity index (χ1) is 9.63. The van der Waals surface area contributed by atoms with Gasteiger partial charge in [0.25, 0.3) is 5.69 Å². The predicted molar refractivity (Wildman–Crippen MR) is 83.9 cm³/mol. The molecule has 0 heterocycles. The number of halogens is 1. The molecule has 1 aliphatic rings. The van der Waals surface area contributed by atoms with E-state index in [4.69, 9.17) is 0 Å². The maximum atomic E-state index is 11.0. The largest absolute Gasteiger partial charge is 0.317 e. The van der Waals surface area contributed by atoms with E-state index in [1.165, 1.54) is 32.1 Å². The third-order valence-electron chi connectivity index (χ3n) is 4.27. The Balaban J connectivity index is 2.19. The van der Waals surface area contributed by atoms with Crippen LogP contribution in [-0.2, 0) is 6.42 Å². The van der Waals surface area contributed by atoms with Gasteiger partial charge >= 0.3 is 0 Å². The zero-order valence-electron chi connectivity index (χ0n) is 11.8. The van der Waals surface area contributed by atoms with Crippen molar-refractivity contribution in [3.8, 4) is 0 Å². The summed E-state index contributed by atoms with van der Waals surface area (Å²) in [4.78, 5) is 10.7. The third-order valence-corrected chi connectivity index (χ3v) is 5.18. The molecule has 2 atom stereocenters. The van der Waals surface area contributed by atoms with E-state index in [1.807, 2.05) is 13.1 Å². The molecule has 0 saturated heterocycles. The maximum Gasteiger partial charge on any atom is 0.283 e. The quantitative estimate of drug-likeness (QED) is 0.510. The van der Waals surface area contributed by atoms with Crippen molar-refractivity contribution in [2.75, 3.05) is 7.05 Å². The molecule has 2 unspecified atom stereocenters. The average Bonchev–Trinajstić information content (AvgIpc) is 2.65. The zero-order chi connectivity index (χ0) is 14.5. The Labute approximate surface area is 128 Å². The van der Waals surface area contributed by atoms with Crippen LogP contribution in [-0.4, -0.2) is 18.0 Å². The molecule has 0 amide bonds. The average molecular weight is 341 g/mol. The van der Waals surface area contributed by atoms with E-state index >= 15 is 0 Å². The predicted octanol–water partition coefficient (Wildman–Crippen LogP) is 4.07. The topological polar surface area (TPSA) is 55.2 Å². The minimum Gasteiger partial charge on any atom is -0.317 e. The lowest BCUT2D eigenvalue weighted by molar-refractivity contribution is -0.385. The Kier molecular flexibility index (Phi) is 5.54. The summed E-state index contributed by atoms with van der Waals surface area (Å²) in [6.45, 7) is 0. The summed E-state index contributed by atoms with van der Waals surface area (Å²) < 4.78 is 0.643. The van der Waals surface area contributed by atoms with E-state index in [0.717, 1.165) is 12.0 Å². The number of nitro groups is 1. The first-order valence-corrected chi connectivity index (χ1v) is 8.02. The summed E-state index contributed by atoms with van der Waals surface area (Å²) in [7, 11) is 2.02. The smallest absolute Gasteiger partial charge is 0.283 e. The molecule has 0 aliphatic heterocycles. The summed E-state index contributed by atoms with van der Waals surface area (Å²) in [6.07, 6.45) is 7.13. The van der Waals surface area contributed by atoms with Crippen molar-refractivity contribution in [2.24, 2.45) is 5.92 Å². The Bertz CT molecular complexity index is 479. The summed E-state index contributed by atoms with van der Waals surface area (Å²) in [6, 6.07) is 5.84. The van der Waals surface area contributed by atoms with E-state index in [0.29, 0.717) is 16.4 Å². The van der Waals surface area contributed by atoms with Crippen molar-refractivity contribution in [1.82, 2.24) is 5.32 Å². The Hall–Kier alpha value is -0.940. The van der Waals surface area contributed by atoms with E-state index in [9.17, 15) is 10.1 Å². The lowest BCUT2D eigenvalue weighted by atomic mass is 9.88. The zero-order valence-corrected chi connectivity index (χ0v) is 13.4. The number of nitro benzene ring substituents is 1. The van der Waals surface area contributed by atoms with Crippen molar-refractivity contribution < 1.29 is 4.92 Å². The van der Waals surface area contributed by atoms with E-state index < -0.39 is 0 Å². The number of hydrogen-bond donors (Lipinski definition) is 1. The molecule has 1 aromatic rings. The minimum absolute atomic E-state index is 0.164. The summed E-state index contributed by atoms with van der Waals surface area (Å²) >= 11 is 3.41. The van der Waals surface area contributed by atoms with Gasteiger partial charge in [0.1, 0.15) is 0 Å². The molecule has 1 saturated carbocycles. The van der Waals surface area contributed by atoms with E-state index in [1.54, 1.807) is 12.1 Å². The Morgan fingerprint density at radius 1 is 1.35 bits per heavy atom. The minimum atomic E-state index is -0.323. The van der Waals surface area contributed by atoms with Gasteiger partial charge in [-0.25, -0.2) is 0 Å². The molecule has 0 radical (unpaired) electrons. The highest BCUT2D eigenvalue weighted by atomic mass is 79.9. The van der Waals surface area contributed by atoms with Gasteiger partial charge in [-0.15, -0.1) is 0 Å². The second-order valence-corrected chi connectivity index (χ2v) is 6.30. The maximum absolute atomic E-state index is 11.0. The SMILES string of the molecule is CNC1CCCCCC1Cc1cccc([N+](=O)[O-])c1Br. The molecule has 110 valence electrons. The van der Waals surface area contributed by atoms with Gasteiger partial charge in [0.2, 0.25) is 0 Å². The standard InChI is InChI=1S/C15H21BrN2O2/c1-17-13-8-4-2-3-6-11(13)10-12-7-5-9-14(15(12)16)18(19)20/h5,7,9,11,13,17H,2-4,6,8,10H2,1H3. The van der Waals surface area contributed by atoms with Crippen LogP contribution < -0.4 is 5.32 Å². The Morgan fingerprint density at radius 2 is 2.10 bits per heavy atom. The summed E-state index contributed by atoms with van der Waals surface area (Å²) in [5.74, 6) is 0.556. The number of nitrogens with one attached hydrogen (secondary N) is 1. The molecule has 2 rings (SSSR count). The van der Waals surface area contributed by atoms with Gasteiger partial charge in [0.05, 0.1) is 9.40 Å². The lowest BCUT2D eigenvalue weighted by Gasteiger charge is -2.25. The number of nitrogens with zero attached hydrogens (tertiary/aromatic N) is 1. The molecule has 1 N–H and O–H groups in total. The first kappa shape index (κ1) is 15.4. The van der Waals surface area contributed by atoms with Gasteiger partial charge in [0.15, 0.2) is 0 Å². The Morgan fingerprint density at radius 3 is 2.80 bits per heavy atom. The fraction of sp³-hybridized carbons (Fsp3) is 0.600. The van der Waals surface area contributed by atoms with Crippen LogP contribution in [0.15, 0.2) is 22.7 Å². The summed E-state index contributed by atoms with van der Waals surface area (Å²) in [5.41, 5.74) is 1.21. The van der Waals surface area contributed by atoms with Crippen LogP contribution in [0, 0.1) is 16.0 Å². The fourth-order valence-corrected chi connectivity index (χ4v) is 3.73. The molecular weight excluding hydrogens is 320 g/mol. The van der Waals surface area contributed by atoms with Crippen molar-refractivity contribution in [3.63, 3.8) is 0 Å². The van der Waals surface area contributed by atoms with Crippen molar-refractivity contribution in [3.05, 3.63) is 38.3 Å². The van der Waals surface area contributed by atoms with Gasteiger partial charge in [-0.3, -0.25) is 10.1 Å². The second kappa shape index (κ2) is 7.18. The molecular formula is C15H21BrN2O2. The highest BCUT2D eigenvalue weighted by molar-refractivity contribution is 9.10. The van der Waals surface area contributed by atoms with Gasteiger partial charge in [-0.2, -0.15) is 0 Å². The number of rotatable bonds is 4. The van der Waals surface area contributed by atoms with Crippen LogP contribution in [0.25, 0.3) is 0 Å². The van der Waals surface area contributed by atoms with Crippen molar-refractivity contribution >= 4 is 21.6 Å². The molecule has 0 spiro atoms. The van der Waals surface area contributed by atoms with Crippen LogP contribution in [0.4, 0.5) is 5.69 Å². The van der Waals surface area contributed by atoms with Crippen LogP contribution in [0.2, 0.25) is 0 Å². The van der Waals surface area contributed by atoms with Gasteiger partial charge in [-0.1, -0.05) is 31.4 Å². The monoisotopic (exact) mass is 340 g/mol. The second-order valence-electron chi connectivity index (χ2n) is 5.50. The van der Waals surface area contributed by atoms with Gasteiger partial charge in [-0.05, 0) is 53.7 Å². The fourth-order valence-electron chi connectivity index (χ4n) is 3.16. The highest BCUT2D eigenvalue weighted by Gasteiger charge is 2.24. The van der Waals surface area contributed by atoms with Crippen LogP contribution in [0.1, 0.15) is 37.7 Å². The molecule has 20 heavy (non-hydrogen) atoms. The number of benzene rings is 1. The normalized spacial score (nSPS) is 23.3. The summed E-state index contributed by atoms with van der Waals surface area (Å²) in [5, 5.41) is 14.4. The number of hydrogen-bond acceptors (Lipinski definition) is 3. The van der Waals surface area contributed by atoms with Gasteiger partial charge in [0, 0.05) is 12.1 Å². The molecule has 1 fully saturated rings. The van der Waals surface area contributed by atoms with Crippen LogP contribution >= 0.6 is 15.9 Å². The van der Waals surface area contributed by atoms with E-state index in [-0.39, 0.29) is 10.6 Å². The van der Waals surface area contributed by atoms with Crippen LogP contribution in [0.3, 0.4) is 0 Å². The highest BCUT2D eigenvalue weighted by Crippen LogP contribution is 2.33. The van der Waals surface area contributed by atoms with E-state index in [2.05, 4.69) is 21.2 Å². The third kappa shape index (κ3) is 3.58.